The van der Waals surface area contributed by atoms with Gasteiger partial charge in [0.15, 0.2) is 11.5 Å². The molecule has 1 atom stereocenters. The quantitative estimate of drug-likeness (QED) is 0.663. The molecule has 0 unspecified atom stereocenters. The van der Waals surface area contributed by atoms with Crippen molar-refractivity contribution in [3.63, 3.8) is 0 Å². The lowest BCUT2D eigenvalue weighted by atomic mass is 9.82. The largest absolute Gasteiger partial charge is 0.493 e. The number of amides is 1. The number of nitrogens with zero attached hydrogens (tertiary/aromatic N) is 2. The number of likely N-dealkylation sites (N-methyl/N-ethyl adjacent to an activating group) is 1. The molecule has 0 fully saturated rings. The smallest absolute Gasteiger partial charge is 0.392 e. The Balaban J connectivity index is 2.00. The molecule has 0 saturated heterocycles. The van der Waals surface area contributed by atoms with Crippen LogP contribution >= 0.6 is 0 Å². The number of aliphatic imine (C=N–C) groups is 1. The molecule has 1 aliphatic heterocycles. The van der Waals surface area contributed by atoms with Crippen LogP contribution in [0.1, 0.15) is 17.5 Å². The molecule has 166 valence electrons. The lowest BCUT2D eigenvalue weighted by Gasteiger charge is -2.26. The minimum absolute atomic E-state index is 0.0821. The van der Waals surface area contributed by atoms with Gasteiger partial charge in [0, 0.05) is 7.05 Å². The summed E-state index contributed by atoms with van der Waals surface area (Å²) in [5.41, 5.74) is 4.79. The molecular weight excluding hydrogens is 425 g/mol. The molecule has 1 heterocycles. The van der Waals surface area contributed by atoms with E-state index in [0.717, 1.165) is 4.90 Å². The summed E-state index contributed by atoms with van der Waals surface area (Å²) in [6.45, 7) is -3.61. The van der Waals surface area contributed by atoms with E-state index < -0.39 is 37.3 Å². The predicted molar refractivity (Wildman–Crippen MR) is 101 cm³/mol. The summed E-state index contributed by atoms with van der Waals surface area (Å²) >= 11 is 0. The molecule has 0 aliphatic carbocycles. The Morgan fingerprint density at radius 2 is 1.77 bits per heavy atom. The monoisotopic (exact) mass is 443 g/mol. The van der Waals surface area contributed by atoms with Crippen molar-refractivity contribution in [2.75, 3.05) is 13.7 Å². The van der Waals surface area contributed by atoms with Crippen molar-refractivity contribution >= 4 is 11.9 Å². The van der Waals surface area contributed by atoms with E-state index >= 15 is 0 Å². The molecule has 0 aromatic heterocycles. The van der Waals surface area contributed by atoms with Gasteiger partial charge in [-0.15, -0.1) is 0 Å². The van der Waals surface area contributed by atoms with Crippen LogP contribution < -0.4 is 15.2 Å². The first-order chi connectivity index (χ1) is 14.5. The van der Waals surface area contributed by atoms with Crippen LogP contribution in [0, 0.1) is 0 Å². The molecule has 0 bridgehead atoms. The number of hydrogen-bond donors (Lipinski definition) is 1. The number of benzene rings is 2. The number of ether oxygens (including phenoxy) is 2. The zero-order valence-corrected chi connectivity index (χ0v) is 16.2. The second kappa shape index (κ2) is 8.40. The molecule has 6 nitrogen and oxygen atoms in total. The number of hydrogen-bond acceptors (Lipinski definition) is 5. The first kappa shape index (κ1) is 22.3. The minimum atomic E-state index is -4.37. The zero-order valence-electron chi connectivity index (χ0n) is 16.2. The summed E-state index contributed by atoms with van der Waals surface area (Å²) < 4.78 is 71.6. The topological polar surface area (TPSA) is 77.2 Å². The predicted octanol–water partition coefficient (Wildman–Crippen LogP) is 3.65. The lowest BCUT2D eigenvalue weighted by molar-refractivity contribution is -0.139. The third kappa shape index (κ3) is 4.70. The van der Waals surface area contributed by atoms with E-state index in [2.05, 4.69) is 9.73 Å². The average molecular weight is 443 g/mol. The third-order valence-corrected chi connectivity index (χ3v) is 4.64. The van der Waals surface area contributed by atoms with Crippen LogP contribution in [0.5, 0.6) is 11.5 Å². The van der Waals surface area contributed by atoms with E-state index in [1.165, 1.54) is 49.5 Å². The van der Waals surface area contributed by atoms with Crippen LogP contribution in [0.4, 0.5) is 22.0 Å². The molecular formula is C20H18F5N3O3. The molecule has 11 heteroatoms. The van der Waals surface area contributed by atoms with Crippen LogP contribution in [0.15, 0.2) is 53.5 Å². The van der Waals surface area contributed by atoms with Crippen LogP contribution in [0.25, 0.3) is 0 Å². The van der Waals surface area contributed by atoms with Crippen LogP contribution in [0.3, 0.4) is 0 Å². The second-order valence-electron chi connectivity index (χ2n) is 6.69. The Bertz CT molecular complexity index is 979. The molecule has 2 aromatic rings. The fourth-order valence-corrected chi connectivity index (χ4v) is 3.16. The lowest BCUT2D eigenvalue weighted by Crippen LogP contribution is -2.41. The number of carbonyl (C=O) groups is 1. The summed E-state index contributed by atoms with van der Waals surface area (Å²) in [4.78, 5) is 18.6. The Morgan fingerprint density at radius 1 is 1.10 bits per heavy atom. The molecule has 1 amide bonds. The fourth-order valence-electron chi connectivity index (χ4n) is 3.16. The molecule has 0 radical (unpaired) electrons. The number of halogens is 5. The molecule has 31 heavy (non-hydrogen) atoms. The standard InChI is InChI=1S/C20H18F5N3O3/c1-28-16(29)20(27-18(28)26,12-5-7-14(8-6-12)31-17(21)22)13-3-2-4-15(11-13)30-10-9-19(23,24)25/h2-8,11,17H,9-10H2,1H3,(H2,26,27)/t20-/m1/s1. The van der Waals surface area contributed by atoms with Crippen molar-refractivity contribution in [3.8, 4) is 11.5 Å². The molecule has 0 saturated carbocycles. The van der Waals surface area contributed by atoms with Gasteiger partial charge in [0.05, 0.1) is 13.0 Å². The summed E-state index contributed by atoms with van der Waals surface area (Å²) in [7, 11) is 1.42. The molecule has 1 aliphatic rings. The minimum Gasteiger partial charge on any atom is -0.493 e. The van der Waals surface area contributed by atoms with Gasteiger partial charge in [0.2, 0.25) is 0 Å². The second-order valence-corrected chi connectivity index (χ2v) is 6.69. The van der Waals surface area contributed by atoms with Gasteiger partial charge in [-0.1, -0.05) is 24.3 Å². The average Bonchev–Trinajstić information content (AvgIpc) is 2.92. The molecule has 0 spiro atoms. The van der Waals surface area contributed by atoms with Gasteiger partial charge in [-0.2, -0.15) is 22.0 Å². The Kier molecular flexibility index (Phi) is 6.05. The van der Waals surface area contributed by atoms with Crippen LogP contribution in [-0.4, -0.2) is 43.2 Å². The maximum atomic E-state index is 13.1. The number of nitrogens with two attached hydrogens (primary N) is 1. The maximum absolute atomic E-state index is 13.1. The van der Waals surface area contributed by atoms with Gasteiger partial charge < -0.3 is 15.2 Å². The van der Waals surface area contributed by atoms with Crippen molar-refractivity contribution < 1.29 is 36.2 Å². The van der Waals surface area contributed by atoms with Gasteiger partial charge in [-0.3, -0.25) is 9.69 Å². The molecule has 2 aromatic carbocycles. The Hall–Kier alpha value is -3.37. The maximum Gasteiger partial charge on any atom is 0.392 e. The van der Waals surface area contributed by atoms with Crippen molar-refractivity contribution in [2.24, 2.45) is 10.7 Å². The Morgan fingerprint density at radius 3 is 2.32 bits per heavy atom. The van der Waals surface area contributed by atoms with Crippen molar-refractivity contribution in [3.05, 3.63) is 59.7 Å². The normalized spacial score (nSPS) is 19.0. The summed E-state index contributed by atoms with van der Waals surface area (Å²) in [6.07, 6.45) is -5.51. The van der Waals surface area contributed by atoms with E-state index in [1.807, 2.05) is 0 Å². The summed E-state index contributed by atoms with van der Waals surface area (Å²) in [5.74, 6) is -0.620. The summed E-state index contributed by atoms with van der Waals surface area (Å²) in [5, 5.41) is 0. The van der Waals surface area contributed by atoms with Crippen LogP contribution in [-0.2, 0) is 10.3 Å². The Labute approximate surface area is 174 Å². The van der Waals surface area contributed by atoms with Crippen LogP contribution in [0.2, 0.25) is 0 Å². The van der Waals surface area contributed by atoms with Gasteiger partial charge in [-0.05, 0) is 35.4 Å². The number of alkyl halides is 5. The zero-order chi connectivity index (χ0) is 22.8. The van der Waals surface area contributed by atoms with Crippen molar-refractivity contribution in [1.82, 2.24) is 4.90 Å². The first-order valence-corrected chi connectivity index (χ1v) is 9.02. The number of rotatable bonds is 7. The first-order valence-electron chi connectivity index (χ1n) is 9.02. The van der Waals surface area contributed by atoms with E-state index in [9.17, 15) is 26.7 Å². The third-order valence-electron chi connectivity index (χ3n) is 4.64. The molecule has 3 rings (SSSR count). The van der Waals surface area contributed by atoms with Crippen molar-refractivity contribution in [2.45, 2.75) is 24.7 Å². The van der Waals surface area contributed by atoms with E-state index in [-0.39, 0.29) is 23.0 Å². The van der Waals surface area contributed by atoms with Gasteiger partial charge in [0.25, 0.3) is 5.91 Å². The van der Waals surface area contributed by atoms with Gasteiger partial charge in [-0.25, -0.2) is 4.99 Å². The highest BCUT2D eigenvalue weighted by molar-refractivity contribution is 6.08. The molecule has 2 N–H and O–H groups in total. The van der Waals surface area contributed by atoms with E-state index in [4.69, 9.17) is 10.5 Å². The highest BCUT2D eigenvalue weighted by atomic mass is 19.4. The van der Waals surface area contributed by atoms with E-state index in [0.29, 0.717) is 5.56 Å². The van der Waals surface area contributed by atoms with Crippen molar-refractivity contribution in [1.29, 1.82) is 0 Å². The SMILES string of the molecule is CN1C(=O)[C@@](c2ccc(OC(F)F)cc2)(c2cccc(OCCC(F)(F)F)c2)N=C1N. The number of carbonyl (C=O) groups excluding carboxylic acids is 1. The fraction of sp³-hybridized carbons (Fsp3) is 0.300. The summed E-state index contributed by atoms with van der Waals surface area (Å²) in [6, 6.07) is 11.2. The van der Waals surface area contributed by atoms with Gasteiger partial charge in [0.1, 0.15) is 11.5 Å². The van der Waals surface area contributed by atoms with E-state index in [1.54, 1.807) is 6.07 Å². The van der Waals surface area contributed by atoms with Gasteiger partial charge >= 0.3 is 12.8 Å². The highest BCUT2D eigenvalue weighted by Crippen LogP contribution is 2.41. The number of guanidine groups is 1. The highest BCUT2D eigenvalue weighted by Gasteiger charge is 2.49.